The van der Waals surface area contributed by atoms with Gasteiger partial charge in [0.1, 0.15) is 24.4 Å². The summed E-state index contributed by atoms with van der Waals surface area (Å²) in [7, 11) is 0. The largest absolute Gasteiger partial charge is 0.481 e. The van der Waals surface area contributed by atoms with E-state index in [0.717, 1.165) is 0 Å². The van der Waals surface area contributed by atoms with Crippen LogP contribution in [-0.2, 0) is 14.3 Å². The van der Waals surface area contributed by atoms with E-state index in [1.165, 1.54) is 6.92 Å². The van der Waals surface area contributed by atoms with Crippen molar-refractivity contribution in [3.8, 4) is 0 Å². The molecule has 2 unspecified atom stereocenters. The molecule has 0 radical (unpaired) electrons. The van der Waals surface area contributed by atoms with Gasteiger partial charge in [0, 0.05) is 0 Å². The highest BCUT2D eigenvalue weighted by atomic mass is 16.7. The first kappa shape index (κ1) is 15.3. The molecular formula is C10H18O8. The Kier molecular flexibility index (Phi) is 5.45. The fraction of sp³-hybridized carbons (Fsp3) is 0.900. The van der Waals surface area contributed by atoms with E-state index in [1.807, 2.05) is 0 Å². The molecule has 1 saturated heterocycles. The lowest BCUT2D eigenvalue weighted by molar-refractivity contribution is -0.310. The molecule has 8 heteroatoms. The van der Waals surface area contributed by atoms with E-state index in [9.17, 15) is 20.1 Å². The summed E-state index contributed by atoms with van der Waals surface area (Å²) in [5.74, 6) is -1.08. The molecule has 8 nitrogen and oxygen atoms in total. The van der Waals surface area contributed by atoms with Gasteiger partial charge in [0.05, 0.1) is 19.1 Å². The van der Waals surface area contributed by atoms with Gasteiger partial charge in [0.2, 0.25) is 0 Å². The van der Waals surface area contributed by atoms with E-state index in [1.54, 1.807) is 0 Å². The van der Waals surface area contributed by atoms with Crippen LogP contribution in [0.25, 0.3) is 0 Å². The van der Waals surface area contributed by atoms with E-state index in [4.69, 9.17) is 19.7 Å². The van der Waals surface area contributed by atoms with Crippen LogP contribution in [0, 0.1) is 0 Å². The Labute approximate surface area is 103 Å². The number of rotatable bonds is 5. The van der Waals surface area contributed by atoms with Crippen molar-refractivity contribution in [1.82, 2.24) is 0 Å². The van der Waals surface area contributed by atoms with Gasteiger partial charge < -0.3 is 35.0 Å². The van der Waals surface area contributed by atoms with Crippen molar-refractivity contribution in [2.75, 3.05) is 6.61 Å². The number of ether oxygens (including phenoxy) is 2. The Balaban J connectivity index is 2.61. The van der Waals surface area contributed by atoms with Crippen LogP contribution in [0.3, 0.4) is 0 Å². The van der Waals surface area contributed by atoms with Crippen molar-refractivity contribution in [2.24, 2.45) is 0 Å². The van der Waals surface area contributed by atoms with Crippen LogP contribution in [-0.4, -0.2) is 74.9 Å². The third kappa shape index (κ3) is 3.61. The van der Waals surface area contributed by atoms with Crippen LogP contribution in [0.5, 0.6) is 0 Å². The SMILES string of the molecule is C[C@H](CC(=O)O)O[C@@H]1OC(CO)[C@H](O)C(O)[C@@H]1O. The molecular weight excluding hydrogens is 248 g/mol. The molecule has 0 saturated carbocycles. The second kappa shape index (κ2) is 6.41. The van der Waals surface area contributed by atoms with E-state index in [0.29, 0.717) is 0 Å². The number of carboxylic acid groups (broad SMARTS) is 1. The standard InChI is InChI=1S/C10H18O8/c1-4(2-6(12)13)17-10-9(16)8(15)7(14)5(3-11)18-10/h4-5,7-11,14-16H,2-3H2,1H3,(H,12,13)/t4-,5?,7+,8?,9+,10-/m1/s1. The van der Waals surface area contributed by atoms with Gasteiger partial charge in [0.25, 0.3) is 0 Å². The van der Waals surface area contributed by atoms with Gasteiger partial charge in [-0.2, -0.15) is 0 Å². The molecule has 1 heterocycles. The quantitative estimate of drug-likeness (QED) is 0.373. The zero-order valence-electron chi connectivity index (χ0n) is 9.84. The number of carbonyl (C=O) groups is 1. The molecule has 1 fully saturated rings. The van der Waals surface area contributed by atoms with Crippen molar-refractivity contribution in [3.63, 3.8) is 0 Å². The maximum absolute atomic E-state index is 10.5. The number of carboxylic acids is 1. The number of aliphatic hydroxyl groups excluding tert-OH is 4. The van der Waals surface area contributed by atoms with Gasteiger partial charge in [-0.3, -0.25) is 4.79 Å². The van der Waals surface area contributed by atoms with Gasteiger partial charge in [0.15, 0.2) is 6.29 Å². The Bertz CT molecular complexity index is 281. The lowest BCUT2D eigenvalue weighted by atomic mass is 9.99. The predicted octanol–water partition coefficient (Wildman–Crippen LogP) is -2.33. The first-order chi connectivity index (χ1) is 8.36. The van der Waals surface area contributed by atoms with Crippen molar-refractivity contribution in [1.29, 1.82) is 0 Å². The summed E-state index contributed by atoms with van der Waals surface area (Å²) < 4.78 is 10.2. The van der Waals surface area contributed by atoms with E-state index in [2.05, 4.69) is 0 Å². The molecule has 0 amide bonds. The van der Waals surface area contributed by atoms with Crippen molar-refractivity contribution < 1.29 is 39.8 Å². The molecule has 0 bridgehead atoms. The minimum atomic E-state index is -1.53. The minimum absolute atomic E-state index is 0.297. The van der Waals surface area contributed by atoms with E-state index in [-0.39, 0.29) is 6.42 Å². The minimum Gasteiger partial charge on any atom is -0.481 e. The smallest absolute Gasteiger partial charge is 0.305 e. The first-order valence-electron chi connectivity index (χ1n) is 5.54. The summed E-state index contributed by atoms with van der Waals surface area (Å²) in [6.07, 6.45) is -7.91. The number of aliphatic hydroxyl groups is 4. The highest BCUT2D eigenvalue weighted by molar-refractivity contribution is 5.67. The molecule has 6 atom stereocenters. The Hall–Kier alpha value is -0.770. The summed E-state index contributed by atoms with van der Waals surface area (Å²) in [4.78, 5) is 10.5. The van der Waals surface area contributed by atoms with E-state index < -0.39 is 49.4 Å². The summed E-state index contributed by atoms with van der Waals surface area (Å²) in [6.45, 7) is 0.910. The van der Waals surface area contributed by atoms with Crippen molar-refractivity contribution >= 4 is 5.97 Å². The van der Waals surface area contributed by atoms with Gasteiger partial charge in [-0.25, -0.2) is 0 Å². The van der Waals surface area contributed by atoms with E-state index >= 15 is 0 Å². The molecule has 5 N–H and O–H groups in total. The van der Waals surface area contributed by atoms with Gasteiger partial charge >= 0.3 is 5.97 Å². The lowest BCUT2D eigenvalue weighted by Gasteiger charge is -2.40. The zero-order chi connectivity index (χ0) is 13.9. The normalized spacial score (nSPS) is 38.4. The molecule has 0 aromatic carbocycles. The lowest BCUT2D eigenvalue weighted by Crippen LogP contribution is -2.59. The Morgan fingerprint density at radius 3 is 2.39 bits per heavy atom. The molecule has 0 aliphatic carbocycles. The van der Waals surface area contributed by atoms with Gasteiger partial charge in [-0.15, -0.1) is 0 Å². The summed E-state index contributed by atoms with van der Waals surface area (Å²) in [5, 5.41) is 46.1. The number of aliphatic carboxylic acids is 1. The molecule has 0 aromatic rings. The topological polar surface area (TPSA) is 137 Å². The number of hydrogen-bond acceptors (Lipinski definition) is 7. The van der Waals surface area contributed by atoms with Crippen molar-refractivity contribution in [3.05, 3.63) is 0 Å². The molecule has 106 valence electrons. The van der Waals surface area contributed by atoms with Crippen LogP contribution in [0.1, 0.15) is 13.3 Å². The molecule has 0 spiro atoms. The maximum atomic E-state index is 10.5. The maximum Gasteiger partial charge on any atom is 0.305 e. The highest BCUT2D eigenvalue weighted by Crippen LogP contribution is 2.23. The van der Waals surface area contributed by atoms with Crippen LogP contribution in [0.4, 0.5) is 0 Å². The van der Waals surface area contributed by atoms with Crippen LogP contribution in [0.15, 0.2) is 0 Å². The van der Waals surface area contributed by atoms with Crippen LogP contribution < -0.4 is 0 Å². The molecule has 18 heavy (non-hydrogen) atoms. The number of hydrogen-bond donors (Lipinski definition) is 5. The average molecular weight is 266 g/mol. The Morgan fingerprint density at radius 2 is 1.89 bits per heavy atom. The molecule has 1 rings (SSSR count). The predicted molar refractivity (Wildman–Crippen MR) is 56.6 cm³/mol. The summed E-state index contributed by atoms with van der Waals surface area (Å²) in [6, 6.07) is 0. The third-order valence-electron chi connectivity index (χ3n) is 2.68. The van der Waals surface area contributed by atoms with Crippen LogP contribution in [0.2, 0.25) is 0 Å². The zero-order valence-corrected chi connectivity index (χ0v) is 9.84. The van der Waals surface area contributed by atoms with Crippen LogP contribution >= 0.6 is 0 Å². The second-order valence-corrected chi connectivity index (χ2v) is 4.24. The fourth-order valence-corrected chi connectivity index (χ4v) is 1.70. The monoisotopic (exact) mass is 266 g/mol. The Morgan fingerprint density at radius 1 is 1.28 bits per heavy atom. The summed E-state index contributed by atoms with van der Waals surface area (Å²) in [5.41, 5.74) is 0. The molecule has 0 aromatic heterocycles. The van der Waals surface area contributed by atoms with Gasteiger partial charge in [-0.05, 0) is 6.92 Å². The first-order valence-corrected chi connectivity index (χ1v) is 5.54. The van der Waals surface area contributed by atoms with Crippen molar-refractivity contribution in [2.45, 2.75) is 50.2 Å². The fourth-order valence-electron chi connectivity index (χ4n) is 1.70. The average Bonchev–Trinajstić information content (AvgIpc) is 2.29. The second-order valence-electron chi connectivity index (χ2n) is 4.24. The summed E-state index contributed by atoms with van der Waals surface area (Å²) >= 11 is 0. The van der Waals surface area contributed by atoms with Gasteiger partial charge in [-0.1, -0.05) is 0 Å². The highest BCUT2D eigenvalue weighted by Gasteiger charge is 2.44. The third-order valence-corrected chi connectivity index (χ3v) is 2.68. The molecule has 1 aliphatic heterocycles. The molecule has 1 aliphatic rings.